The molecule has 0 aliphatic carbocycles. The molecule has 1 aromatic rings. The molecule has 13 heavy (non-hydrogen) atoms. The summed E-state index contributed by atoms with van der Waals surface area (Å²) in [5, 5.41) is 35.4. The van der Waals surface area contributed by atoms with Gasteiger partial charge in [-0.2, -0.15) is 0 Å². The van der Waals surface area contributed by atoms with Crippen LogP contribution in [0.15, 0.2) is 12.4 Å². The van der Waals surface area contributed by atoms with Crippen LogP contribution in [0.3, 0.4) is 0 Å². The van der Waals surface area contributed by atoms with Crippen LogP contribution in [0.2, 0.25) is 0 Å². The predicted octanol–water partition coefficient (Wildman–Crippen LogP) is -1.75. The van der Waals surface area contributed by atoms with Gasteiger partial charge in [0.1, 0.15) is 0 Å². The fraction of sp³-hybridized carbons (Fsp3) is 0.500. The van der Waals surface area contributed by atoms with Gasteiger partial charge < -0.3 is 5.11 Å². The maximum absolute atomic E-state index is 10.8. The van der Waals surface area contributed by atoms with Gasteiger partial charge in [0.2, 0.25) is 0 Å². The molecule has 9 nitrogen and oxygen atoms in total. The van der Waals surface area contributed by atoms with Crippen molar-refractivity contribution in [1.29, 1.82) is 0 Å². The van der Waals surface area contributed by atoms with E-state index in [9.17, 15) is 5.11 Å². The van der Waals surface area contributed by atoms with Crippen molar-refractivity contribution in [2.24, 2.45) is 0 Å². The van der Waals surface area contributed by atoms with Crippen LogP contribution in [-0.4, -0.2) is 26.5 Å². The lowest BCUT2D eigenvalue weighted by molar-refractivity contribution is -0.736. The van der Waals surface area contributed by atoms with E-state index >= 15 is 0 Å². The number of rotatable bonds is 6. The average molecular weight is 192 g/mol. The standard InChI is InChI=1S/C4H6N3O6/c8-4(10-12-13-11-9)3-7-2-1-5-6-7/h1-2,4,9H,3H2/q-1. The molecule has 74 valence electrons. The second-order valence-electron chi connectivity index (χ2n) is 1.86. The van der Waals surface area contributed by atoms with Gasteiger partial charge in [-0.15, -0.1) is 5.10 Å². The van der Waals surface area contributed by atoms with Crippen LogP contribution in [0.4, 0.5) is 0 Å². The summed E-state index contributed by atoms with van der Waals surface area (Å²) < 4.78 is 1.24. The Kier molecular flexibility index (Phi) is 4.25. The van der Waals surface area contributed by atoms with Gasteiger partial charge in [-0.1, -0.05) is 5.21 Å². The zero-order valence-electron chi connectivity index (χ0n) is 6.27. The first-order chi connectivity index (χ1) is 6.33. The van der Waals surface area contributed by atoms with Gasteiger partial charge in [0, 0.05) is 12.5 Å². The lowest BCUT2D eigenvalue weighted by Crippen LogP contribution is -2.33. The van der Waals surface area contributed by atoms with E-state index in [0.717, 1.165) is 0 Å². The van der Waals surface area contributed by atoms with Gasteiger partial charge in [0.15, 0.2) is 0 Å². The molecule has 0 aliphatic heterocycles. The third-order valence-corrected chi connectivity index (χ3v) is 1.01. The third-order valence-electron chi connectivity index (χ3n) is 1.01. The van der Waals surface area contributed by atoms with Crippen molar-refractivity contribution in [3.05, 3.63) is 12.4 Å². The SMILES string of the molecule is [O-]C(Cn1ccnn1)OOOOO. The quantitative estimate of drug-likeness (QED) is 0.244. The van der Waals surface area contributed by atoms with Crippen LogP contribution in [-0.2, 0) is 26.5 Å². The Labute approximate surface area is 71.7 Å². The maximum Gasteiger partial charge on any atom is 0.0692 e. The molecule has 0 saturated carbocycles. The number of hydrogen-bond acceptors (Lipinski definition) is 8. The van der Waals surface area contributed by atoms with Crippen molar-refractivity contribution in [2.75, 3.05) is 0 Å². The molecule has 1 atom stereocenters. The highest BCUT2D eigenvalue weighted by Crippen LogP contribution is 1.90. The molecule has 0 bridgehead atoms. The molecule has 1 unspecified atom stereocenters. The highest BCUT2D eigenvalue weighted by Gasteiger charge is 1.99. The number of hydrogen-bond donors (Lipinski definition) is 1. The summed E-state index contributed by atoms with van der Waals surface area (Å²) in [6, 6.07) is 0. The Morgan fingerprint density at radius 2 is 2.38 bits per heavy atom. The molecule has 0 saturated heterocycles. The van der Waals surface area contributed by atoms with E-state index < -0.39 is 6.29 Å². The number of nitrogens with zero attached hydrogens (tertiary/aromatic N) is 3. The van der Waals surface area contributed by atoms with E-state index in [4.69, 9.17) is 5.26 Å². The second kappa shape index (κ2) is 5.53. The summed E-state index contributed by atoms with van der Waals surface area (Å²) in [6.45, 7) is -0.116. The van der Waals surface area contributed by atoms with Crippen molar-refractivity contribution >= 4 is 0 Å². The first kappa shape index (κ1) is 9.98. The summed E-state index contributed by atoms with van der Waals surface area (Å²) in [6.07, 6.45) is 1.30. The molecule has 1 N–H and O–H groups in total. The molecule has 0 spiro atoms. The molecule has 0 radical (unpaired) electrons. The van der Waals surface area contributed by atoms with E-state index in [0.29, 0.717) is 0 Å². The van der Waals surface area contributed by atoms with Gasteiger partial charge in [0.25, 0.3) is 0 Å². The van der Waals surface area contributed by atoms with E-state index in [1.165, 1.54) is 17.1 Å². The zero-order valence-corrected chi connectivity index (χ0v) is 6.27. The molecule has 1 aromatic heterocycles. The van der Waals surface area contributed by atoms with E-state index in [1.54, 1.807) is 0 Å². The zero-order chi connectivity index (χ0) is 9.52. The summed E-state index contributed by atoms with van der Waals surface area (Å²) in [5.74, 6) is 0. The fourth-order valence-corrected chi connectivity index (χ4v) is 0.586. The minimum atomic E-state index is -1.57. The summed E-state index contributed by atoms with van der Waals surface area (Å²) >= 11 is 0. The van der Waals surface area contributed by atoms with E-state index in [2.05, 4.69) is 30.3 Å². The topological polar surface area (TPSA) is 111 Å². The first-order valence-electron chi connectivity index (χ1n) is 3.13. The minimum absolute atomic E-state index is 0.116. The van der Waals surface area contributed by atoms with Crippen LogP contribution >= 0.6 is 0 Å². The van der Waals surface area contributed by atoms with Gasteiger partial charge in [-0.3, -0.25) is 4.68 Å². The smallest absolute Gasteiger partial charge is 0.0692 e. The Bertz CT molecular complexity index is 216. The molecule has 1 heterocycles. The molecule has 9 heteroatoms. The van der Waals surface area contributed by atoms with Crippen molar-refractivity contribution in [1.82, 2.24) is 15.0 Å². The van der Waals surface area contributed by atoms with Gasteiger partial charge in [-0.05, 0) is 15.1 Å². The van der Waals surface area contributed by atoms with Crippen LogP contribution in [0.5, 0.6) is 0 Å². The van der Waals surface area contributed by atoms with Crippen LogP contribution in [0, 0.1) is 0 Å². The highest BCUT2D eigenvalue weighted by molar-refractivity contribution is 4.63. The van der Waals surface area contributed by atoms with Gasteiger partial charge in [-0.25, -0.2) is 10.1 Å². The lowest BCUT2D eigenvalue weighted by Gasteiger charge is -2.17. The van der Waals surface area contributed by atoms with Crippen molar-refractivity contribution in [2.45, 2.75) is 12.8 Å². The minimum Gasteiger partial charge on any atom is -0.827 e. The first-order valence-corrected chi connectivity index (χ1v) is 3.13. The Morgan fingerprint density at radius 3 is 3.00 bits per heavy atom. The predicted molar refractivity (Wildman–Crippen MR) is 30.8 cm³/mol. The third kappa shape index (κ3) is 3.89. The van der Waals surface area contributed by atoms with E-state index in [1.807, 2.05) is 0 Å². The lowest BCUT2D eigenvalue weighted by atomic mass is 10.6. The molecular weight excluding hydrogens is 186 g/mol. The normalized spacial score (nSPS) is 13.1. The van der Waals surface area contributed by atoms with Crippen molar-refractivity contribution in [3.63, 3.8) is 0 Å². The van der Waals surface area contributed by atoms with Crippen LogP contribution < -0.4 is 5.11 Å². The van der Waals surface area contributed by atoms with E-state index in [-0.39, 0.29) is 6.54 Å². The highest BCUT2D eigenvalue weighted by atomic mass is 17.8. The molecule has 0 aromatic carbocycles. The Balaban J connectivity index is 2.14. The second-order valence-corrected chi connectivity index (χ2v) is 1.86. The van der Waals surface area contributed by atoms with Crippen molar-refractivity contribution < 1.29 is 30.4 Å². The molecule has 0 amide bonds. The van der Waals surface area contributed by atoms with Gasteiger partial charge in [0.05, 0.1) is 12.7 Å². The average Bonchev–Trinajstić information content (AvgIpc) is 2.57. The largest absolute Gasteiger partial charge is 0.827 e. The fourth-order valence-electron chi connectivity index (χ4n) is 0.586. The summed E-state index contributed by atoms with van der Waals surface area (Å²) in [7, 11) is 0. The Hall–Kier alpha value is -1.10. The molecule has 1 rings (SSSR count). The monoisotopic (exact) mass is 192 g/mol. The molecular formula is C4H6N3O6-. The maximum atomic E-state index is 10.8. The van der Waals surface area contributed by atoms with Crippen LogP contribution in [0.1, 0.15) is 0 Å². The Morgan fingerprint density at radius 1 is 1.54 bits per heavy atom. The van der Waals surface area contributed by atoms with Crippen LogP contribution in [0.25, 0.3) is 0 Å². The molecule has 0 fully saturated rings. The molecule has 0 aliphatic rings. The summed E-state index contributed by atoms with van der Waals surface area (Å²) in [5.41, 5.74) is 0. The number of aromatic nitrogens is 3. The van der Waals surface area contributed by atoms with Gasteiger partial charge >= 0.3 is 0 Å². The van der Waals surface area contributed by atoms with Crippen molar-refractivity contribution in [3.8, 4) is 0 Å². The summed E-state index contributed by atoms with van der Waals surface area (Å²) in [4.78, 5) is 4.00.